The first-order valence-corrected chi connectivity index (χ1v) is 31.1. The normalized spacial score (nSPS) is 56.9. The van der Waals surface area contributed by atoms with Crippen LogP contribution in [0.2, 0.25) is 0 Å². The van der Waals surface area contributed by atoms with Crippen LogP contribution in [0.15, 0.2) is 11.6 Å². The van der Waals surface area contributed by atoms with Crippen molar-refractivity contribution in [2.45, 2.75) is 292 Å². The largest absolute Gasteiger partial charge is 0.479 e. The second-order valence-electron chi connectivity index (χ2n) is 29.2. The molecule has 10 rings (SSSR count). The molecule has 5 aliphatic heterocycles. The highest BCUT2D eigenvalue weighted by Gasteiger charge is 2.71. The Morgan fingerprint density at radius 1 is 0.517 bits per heavy atom. The van der Waals surface area contributed by atoms with Crippen LogP contribution in [-0.2, 0) is 52.2 Å². The maximum absolute atomic E-state index is 12.8. The van der Waals surface area contributed by atoms with Crippen molar-refractivity contribution in [1.82, 2.24) is 0 Å². The Morgan fingerprint density at radius 3 is 1.56 bits per heavy atom. The zero-order chi connectivity index (χ0) is 63.9. The first-order chi connectivity index (χ1) is 40.6. The summed E-state index contributed by atoms with van der Waals surface area (Å²) < 4.78 is 61.6. The van der Waals surface area contributed by atoms with E-state index in [1.54, 1.807) is 6.92 Å². The Labute approximate surface area is 506 Å². The van der Waals surface area contributed by atoms with Gasteiger partial charge in [0.2, 0.25) is 0 Å². The third kappa shape index (κ3) is 11.0. The molecule has 0 radical (unpaired) electrons. The van der Waals surface area contributed by atoms with Crippen LogP contribution in [0.4, 0.5) is 0 Å². The van der Waals surface area contributed by atoms with E-state index in [1.807, 2.05) is 20.8 Å². The molecular formula is C60H98O27. The number of rotatable bonds is 13. The summed E-state index contributed by atoms with van der Waals surface area (Å²) in [7, 11) is 0. The van der Waals surface area contributed by atoms with Crippen molar-refractivity contribution < 1.29 is 134 Å². The van der Waals surface area contributed by atoms with Gasteiger partial charge in [0.1, 0.15) is 97.7 Å². The van der Waals surface area contributed by atoms with E-state index in [9.17, 15) is 86.5 Å². The van der Waals surface area contributed by atoms with Crippen molar-refractivity contribution in [3.8, 4) is 0 Å². The van der Waals surface area contributed by atoms with Crippen LogP contribution in [0.3, 0.4) is 0 Å². The van der Waals surface area contributed by atoms with Gasteiger partial charge in [-0.25, -0.2) is 4.79 Å². The van der Waals surface area contributed by atoms with Gasteiger partial charge in [0.15, 0.2) is 37.6 Å². The molecule has 4 saturated carbocycles. The second kappa shape index (κ2) is 24.5. The third-order valence-electron chi connectivity index (χ3n) is 23.9. The minimum absolute atomic E-state index is 0.0581. The minimum atomic E-state index is -2.20. The number of aliphatic hydroxyl groups is 15. The number of hydrogen-bond donors (Lipinski definition) is 16. The average molecular weight is 1250 g/mol. The lowest BCUT2D eigenvalue weighted by Gasteiger charge is -2.72. The van der Waals surface area contributed by atoms with Gasteiger partial charge in [0, 0.05) is 10.8 Å². The first-order valence-electron chi connectivity index (χ1n) is 31.1. The number of carboxylic acid groups (broad SMARTS) is 1. The summed E-state index contributed by atoms with van der Waals surface area (Å²) in [6, 6.07) is 0. The highest BCUT2D eigenvalue weighted by molar-refractivity contribution is 5.73. The van der Waals surface area contributed by atoms with Crippen molar-refractivity contribution in [1.29, 1.82) is 0 Å². The van der Waals surface area contributed by atoms with Crippen LogP contribution in [-0.4, -0.2) is 273 Å². The van der Waals surface area contributed by atoms with E-state index in [1.165, 1.54) is 19.4 Å². The number of ether oxygens (including phenoxy) is 10. The molecule has 5 heterocycles. The number of aliphatic carboxylic acids is 1. The van der Waals surface area contributed by atoms with Gasteiger partial charge in [0.25, 0.3) is 0 Å². The fraction of sp³-hybridized carbons (Fsp3) is 0.950. The molecule has 500 valence electrons. The Morgan fingerprint density at radius 2 is 1.03 bits per heavy atom. The summed E-state index contributed by atoms with van der Waals surface area (Å²) >= 11 is 0. The Kier molecular flexibility index (Phi) is 19.2. The zero-order valence-corrected chi connectivity index (χ0v) is 51.2. The number of fused-ring (bicyclic) bond motifs is 7. The van der Waals surface area contributed by atoms with Crippen LogP contribution in [0.1, 0.15) is 121 Å². The lowest BCUT2D eigenvalue weighted by atomic mass is 9.33. The second-order valence-corrected chi connectivity index (χ2v) is 29.2. The third-order valence-corrected chi connectivity index (χ3v) is 23.9. The summed E-state index contributed by atoms with van der Waals surface area (Å²) in [4.78, 5) is 12.8. The summed E-state index contributed by atoms with van der Waals surface area (Å²) in [6.45, 7) is 18.0. The molecule has 5 aliphatic carbocycles. The highest BCUT2D eigenvalue weighted by atomic mass is 16.8. The molecular weight excluding hydrogens is 1150 g/mol. The van der Waals surface area contributed by atoms with Gasteiger partial charge in [-0.3, -0.25) is 0 Å². The first kappa shape index (κ1) is 68.1. The molecule has 87 heavy (non-hydrogen) atoms. The lowest BCUT2D eigenvalue weighted by Crippen LogP contribution is -2.69. The van der Waals surface area contributed by atoms with Crippen LogP contribution >= 0.6 is 0 Å². The van der Waals surface area contributed by atoms with Crippen molar-refractivity contribution in [3.63, 3.8) is 0 Å². The van der Waals surface area contributed by atoms with Crippen molar-refractivity contribution >= 4 is 5.97 Å². The SMILES string of the molecule is C[C@@H]1O[C@@H](O[C@H]2[C@H](O[C@H]3[C@H](O[C@H]4CC[C@@]5(C)[C@@H](CC[C@]6(C)[C@@H]5CC=C5[C@@H]7CC(C)(C)[C@@H](O[C@@H]8O[C@@H](C)[C@H](O)[C@@H](O)[C@H]8O)[C@@H](O)[C@]7(C)CC[C@]56C)[C@@]4(C)CO)O[C@H](C(=O)O)[C@@H](O)[C@@H]3O)O[C@H](CO)[C@H](O)[C@@H]2O[C@@H]2O[C@@H](C)[C@H](O)[C@@H](O)[C@H]2O)[C@H](O)[C@H](O)[C@H]1O. The van der Waals surface area contributed by atoms with Crippen LogP contribution in [0.25, 0.3) is 0 Å². The van der Waals surface area contributed by atoms with E-state index in [2.05, 4.69) is 33.8 Å². The lowest BCUT2D eigenvalue weighted by molar-refractivity contribution is -0.410. The zero-order valence-electron chi connectivity index (χ0n) is 51.2. The fourth-order valence-electron chi connectivity index (χ4n) is 18.0. The van der Waals surface area contributed by atoms with Crippen molar-refractivity contribution in [3.05, 3.63) is 11.6 Å². The van der Waals surface area contributed by atoms with Gasteiger partial charge in [-0.05, 0) is 112 Å². The van der Waals surface area contributed by atoms with Crippen LogP contribution in [0, 0.1) is 50.2 Å². The number of carbonyl (C=O) groups is 1. The van der Waals surface area contributed by atoms with E-state index in [4.69, 9.17) is 47.4 Å². The molecule has 0 aromatic carbocycles. The maximum Gasteiger partial charge on any atom is 0.335 e. The molecule has 9 fully saturated rings. The molecule has 10 aliphatic rings. The Bertz CT molecular complexity index is 2460. The minimum Gasteiger partial charge on any atom is -0.479 e. The quantitative estimate of drug-likeness (QED) is 0.0663. The van der Waals surface area contributed by atoms with Gasteiger partial charge >= 0.3 is 5.97 Å². The number of hydrogen-bond acceptors (Lipinski definition) is 26. The summed E-state index contributed by atoms with van der Waals surface area (Å²) in [5.41, 5.74) is -2.17. The van der Waals surface area contributed by atoms with E-state index in [0.29, 0.717) is 32.1 Å². The molecule has 5 saturated heterocycles. The molecule has 36 atom stereocenters. The van der Waals surface area contributed by atoms with Gasteiger partial charge in [-0.15, -0.1) is 0 Å². The number of aliphatic hydroxyl groups excluding tert-OH is 15. The fourth-order valence-corrected chi connectivity index (χ4v) is 18.0. The Balaban J connectivity index is 0.927. The molecule has 0 unspecified atom stereocenters. The molecule has 27 heteroatoms. The average Bonchev–Trinajstić information content (AvgIpc) is 0.680. The molecule has 0 amide bonds. The summed E-state index contributed by atoms with van der Waals surface area (Å²) in [6.07, 6.45) is -38.6. The van der Waals surface area contributed by atoms with Gasteiger partial charge in [0.05, 0.1) is 49.8 Å². The molecule has 27 nitrogen and oxygen atoms in total. The summed E-state index contributed by atoms with van der Waals surface area (Å²) in [5.74, 6) is -1.90. The van der Waals surface area contributed by atoms with Gasteiger partial charge in [-0.1, -0.05) is 60.1 Å². The standard InChI is InChI=1S/C60H98O27/c1-22-31(63)35(67)40(72)50(78-22)83-43-34(66)27(20-61)81-54(46(43)86-51-41(73)36(68)32(64)23(2)79-51)85-45-39(71)38(70)44(49(76)77)84-53(45)82-30-14-15-57(7)28(58(30,8)21-62)13-16-60(10)29(57)12-11-25-26-19-55(4,5)48(47(75)56(26,6)17-18-59(25,60)9)87-52-42(74)37(69)33(65)24(3)80-52/h11,22-24,26-48,50-54,61-75H,12-21H2,1-10H3,(H,76,77)/t22-,23-,24-,26-,27+,28+,29+,30-,31-,32-,33-,34-,35+,36+,37+,38-,39-,40+,41+,42+,43-,44-,45+,46+,47+,48-,50-,51-,52-,53+,54-,56+,57-,58+,59+,60+/m0/s1. The van der Waals surface area contributed by atoms with E-state index >= 15 is 0 Å². The predicted molar refractivity (Wildman–Crippen MR) is 294 cm³/mol. The topological polar surface area (TPSA) is 433 Å². The number of carboxylic acids is 1. The Hall–Kier alpha value is -1.79. The van der Waals surface area contributed by atoms with Crippen molar-refractivity contribution in [2.24, 2.45) is 50.2 Å². The molecule has 16 N–H and O–H groups in total. The highest BCUT2D eigenvalue weighted by Crippen LogP contribution is 2.76. The molecule has 0 spiro atoms. The number of allylic oxidation sites excluding steroid dienone is 2. The maximum atomic E-state index is 12.8. The van der Waals surface area contributed by atoms with Crippen molar-refractivity contribution in [2.75, 3.05) is 13.2 Å². The smallest absolute Gasteiger partial charge is 0.335 e. The van der Waals surface area contributed by atoms with E-state index in [0.717, 1.165) is 12.8 Å². The predicted octanol–water partition coefficient (Wildman–Crippen LogP) is -2.62. The van der Waals surface area contributed by atoms with Crippen LogP contribution < -0.4 is 0 Å². The molecule has 0 aromatic rings. The van der Waals surface area contributed by atoms with Crippen LogP contribution in [0.5, 0.6) is 0 Å². The molecule has 0 aromatic heterocycles. The van der Waals surface area contributed by atoms with Gasteiger partial charge in [-0.2, -0.15) is 0 Å². The monoisotopic (exact) mass is 1250 g/mol. The van der Waals surface area contributed by atoms with Gasteiger partial charge < -0.3 is 129 Å². The molecule has 0 bridgehead atoms. The summed E-state index contributed by atoms with van der Waals surface area (Å²) in [5, 5.41) is 177. The van der Waals surface area contributed by atoms with E-state index in [-0.39, 0.29) is 35.0 Å². The van der Waals surface area contributed by atoms with E-state index < -0.39 is 213 Å².